The molecular weight excluding hydrogens is 322 g/mol. The zero-order valence-corrected chi connectivity index (χ0v) is 14.9. The highest BCUT2D eigenvalue weighted by atomic mass is 35.5. The topological polar surface area (TPSA) is 38.1 Å². The van der Waals surface area contributed by atoms with E-state index >= 15 is 0 Å². The summed E-state index contributed by atoms with van der Waals surface area (Å²) in [6.45, 7) is 5.04. The van der Waals surface area contributed by atoms with Crippen molar-refractivity contribution in [2.45, 2.75) is 51.6 Å². The first-order valence-electron chi connectivity index (χ1n) is 9.04. The molecule has 0 amide bonds. The van der Waals surface area contributed by atoms with Crippen LogP contribution in [-0.2, 0) is 6.54 Å². The van der Waals surface area contributed by atoms with Crippen LogP contribution in [0.3, 0.4) is 0 Å². The Bertz CT molecular complexity index is 814. The number of hydrogen-bond donors (Lipinski definition) is 0. The van der Waals surface area contributed by atoms with E-state index in [1.807, 2.05) is 22.8 Å². The van der Waals surface area contributed by atoms with Gasteiger partial charge in [-0.1, -0.05) is 18.0 Å². The van der Waals surface area contributed by atoms with E-state index in [9.17, 15) is 4.79 Å². The van der Waals surface area contributed by atoms with Crippen molar-refractivity contribution in [2.24, 2.45) is 5.92 Å². The Morgan fingerprint density at radius 3 is 2.92 bits per heavy atom. The first kappa shape index (κ1) is 16.1. The summed E-state index contributed by atoms with van der Waals surface area (Å²) in [5.41, 5.74) is 2.32. The van der Waals surface area contributed by atoms with Gasteiger partial charge in [-0.25, -0.2) is 4.98 Å². The molecule has 0 spiro atoms. The van der Waals surface area contributed by atoms with Gasteiger partial charge in [0.1, 0.15) is 5.69 Å². The highest BCUT2D eigenvalue weighted by Crippen LogP contribution is 2.32. The quantitative estimate of drug-likeness (QED) is 0.834. The Labute approximate surface area is 147 Å². The number of aromatic nitrogens is 2. The summed E-state index contributed by atoms with van der Waals surface area (Å²) in [6.07, 6.45) is 6.36. The van der Waals surface area contributed by atoms with Gasteiger partial charge in [0.2, 0.25) is 0 Å². The van der Waals surface area contributed by atoms with Crippen LogP contribution in [0.1, 0.15) is 37.8 Å². The lowest BCUT2D eigenvalue weighted by atomic mass is 9.83. The van der Waals surface area contributed by atoms with Crippen molar-refractivity contribution in [1.29, 1.82) is 0 Å². The third-order valence-electron chi connectivity index (χ3n) is 5.72. The van der Waals surface area contributed by atoms with Gasteiger partial charge in [0, 0.05) is 17.6 Å². The van der Waals surface area contributed by atoms with Gasteiger partial charge in [-0.05, 0) is 69.8 Å². The van der Waals surface area contributed by atoms with Crippen molar-refractivity contribution in [3.05, 3.63) is 39.3 Å². The molecule has 0 aliphatic carbocycles. The van der Waals surface area contributed by atoms with Crippen LogP contribution in [0.2, 0.25) is 5.02 Å². The molecular formula is C19H24ClN3O. The fraction of sp³-hybridized carbons (Fsp3) is 0.579. The van der Waals surface area contributed by atoms with Crippen LogP contribution in [0, 0.1) is 12.8 Å². The summed E-state index contributed by atoms with van der Waals surface area (Å²) in [5.74, 6) is 0.553. The highest BCUT2D eigenvalue weighted by molar-refractivity contribution is 6.31. The van der Waals surface area contributed by atoms with Gasteiger partial charge >= 0.3 is 0 Å². The summed E-state index contributed by atoms with van der Waals surface area (Å²) in [5, 5.41) is 0.663. The normalized spacial score (nSPS) is 24.9. The Hall–Kier alpha value is -1.39. The van der Waals surface area contributed by atoms with E-state index in [2.05, 4.69) is 9.88 Å². The Morgan fingerprint density at radius 2 is 2.04 bits per heavy atom. The van der Waals surface area contributed by atoms with E-state index in [4.69, 9.17) is 11.6 Å². The zero-order chi connectivity index (χ0) is 16.7. The molecule has 5 heteroatoms. The third kappa shape index (κ3) is 2.86. The Balaban J connectivity index is 1.73. The van der Waals surface area contributed by atoms with Gasteiger partial charge in [-0.2, -0.15) is 0 Å². The number of hydrogen-bond acceptors (Lipinski definition) is 3. The standard InChI is InChI=1S/C19H24ClN3O/c1-13-19(24)23(18-8-7-15(20)11-16(18)21-13)12-14-5-4-10-22-9-3-2-6-17(14)22/h7-8,11,14,17H,2-6,9-10,12H2,1H3/t14-,17+/m0/s1. The summed E-state index contributed by atoms with van der Waals surface area (Å²) >= 11 is 6.11. The van der Waals surface area contributed by atoms with E-state index in [1.54, 1.807) is 6.92 Å². The van der Waals surface area contributed by atoms with Crippen LogP contribution in [0.15, 0.2) is 23.0 Å². The number of piperidine rings is 2. The van der Waals surface area contributed by atoms with Crippen LogP contribution < -0.4 is 5.56 Å². The molecule has 0 unspecified atom stereocenters. The van der Waals surface area contributed by atoms with Gasteiger partial charge in [-0.3, -0.25) is 4.79 Å². The number of rotatable bonds is 2. The van der Waals surface area contributed by atoms with Crippen LogP contribution >= 0.6 is 11.6 Å². The van der Waals surface area contributed by atoms with E-state index in [-0.39, 0.29) is 5.56 Å². The molecule has 2 saturated heterocycles. The molecule has 1 aromatic heterocycles. The van der Waals surface area contributed by atoms with E-state index in [0.717, 1.165) is 17.6 Å². The van der Waals surface area contributed by atoms with Gasteiger partial charge in [0.05, 0.1) is 11.0 Å². The number of benzene rings is 1. The highest BCUT2D eigenvalue weighted by Gasteiger charge is 2.33. The maximum atomic E-state index is 12.8. The van der Waals surface area contributed by atoms with Crippen molar-refractivity contribution in [3.63, 3.8) is 0 Å². The van der Waals surface area contributed by atoms with Gasteiger partial charge < -0.3 is 9.47 Å². The molecule has 0 radical (unpaired) electrons. The second kappa shape index (κ2) is 6.49. The molecule has 0 N–H and O–H groups in total. The average molecular weight is 346 g/mol. The van der Waals surface area contributed by atoms with Crippen molar-refractivity contribution in [2.75, 3.05) is 13.1 Å². The number of aryl methyl sites for hydroxylation is 1. The van der Waals surface area contributed by atoms with Crippen LogP contribution in [-0.4, -0.2) is 33.6 Å². The number of halogens is 1. The Kier molecular flexibility index (Phi) is 4.35. The predicted molar refractivity (Wildman–Crippen MR) is 97.7 cm³/mol. The predicted octanol–water partition coefficient (Wildman–Crippen LogP) is 3.62. The molecule has 128 valence electrons. The first-order valence-corrected chi connectivity index (χ1v) is 9.42. The third-order valence-corrected chi connectivity index (χ3v) is 5.95. The monoisotopic (exact) mass is 345 g/mol. The van der Waals surface area contributed by atoms with Crippen LogP contribution in [0.25, 0.3) is 11.0 Å². The molecule has 3 heterocycles. The Morgan fingerprint density at radius 1 is 1.21 bits per heavy atom. The summed E-state index contributed by atoms with van der Waals surface area (Å²) < 4.78 is 1.94. The molecule has 0 bridgehead atoms. The van der Waals surface area contributed by atoms with Crippen molar-refractivity contribution in [3.8, 4) is 0 Å². The van der Waals surface area contributed by atoms with Gasteiger partial charge in [0.15, 0.2) is 0 Å². The molecule has 2 aromatic rings. The molecule has 2 aliphatic heterocycles. The molecule has 2 fully saturated rings. The molecule has 4 rings (SSSR count). The molecule has 2 atom stereocenters. The SMILES string of the molecule is Cc1nc2cc(Cl)ccc2n(C[C@@H]2CCCN3CCCC[C@H]23)c1=O. The van der Waals surface area contributed by atoms with E-state index in [0.29, 0.717) is 22.7 Å². The summed E-state index contributed by atoms with van der Waals surface area (Å²) in [6, 6.07) is 6.28. The van der Waals surface area contributed by atoms with Crippen molar-refractivity contribution >= 4 is 22.6 Å². The second-order valence-electron chi connectivity index (χ2n) is 7.25. The molecule has 4 nitrogen and oxygen atoms in total. The van der Waals surface area contributed by atoms with Crippen molar-refractivity contribution in [1.82, 2.24) is 14.5 Å². The largest absolute Gasteiger partial charge is 0.305 e. The first-order chi connectivity index (χ1) is 11.6. The molecule has 0 saturated carbocycles. The van der Waals surface area contributed by atoms with E-state index < -0.39 is 0 Å². The fourth-order valence-electron chi connectivity index (χ4n) is 4.55. The number of nitrogens with zero attached hydrogens (tertiary/aromatic N) is 3. The minimum Gasteiger partial charge on any atom is -0.305 e. The lowest BCUT2D eigenvalue weighted by molar-refractivity contribution is 0.0520. The van der Waals surface area contributed by atoms with Gasteiger partial charge in [0.25, 0.3) is 5.56 Å². The minimum atomic E-state index is 0.0396. The summed E-state index contributed by atoms with van der Waals surface area (Å²) in [4.78, 5) is 19.8. The summed E-state index contributed by atoms with van der Waals surface area (Å²) in [7, 11) is 0. The molecule has 24 heavy (non-hydrogen) atoms. The van der Waals surface area contributed by atoms with Gasteiger partial charge in [-0.15, -0.1) is 0 Å². The van der Waals surface area contributed by atoms with E-state index in [1.165, 1.54) is 45.2 Å². The average Bonchev–Trinajstić information content (AvgIpc) is 2.59. The molecule has 1 aromatic carbocycles. The smallest absolute Gasteiger partial charge is 0.272 e. The lowest BCUT2D eigenvalue weighted by Crippen LogP contribution is -2.49. The second-order valence-corrected chi connectivity index (χ2v) is 7.68. The maximum Gasteiger partial charge on any atom is 0.272 e. The zero-order valence-electron chi connectivity index (χ0n) is 14.2. The molecule has 2 aliphatic rings. The van der Waals surface area contributed by atoms with Crippen LogP contribution in [0.5, 0.6) is 0 Å². The fourth-order valence-corrected chi connectivity index (χ4v) is 4.72. The number of fused-ring (bicyclic) bond motifs is 2. The minimum absolute atomic E-state index is 0.0396. The maximum absolute atomic E-state index is 12.8. The lowest BCUT2D eigenvalue weighted by Gasteiger charge is -2.44. The van der Waals surface area contributed by atoms with Crippen molar-refractivity contribution < 1.29 is 0 Å². The van der Waals surface area contributed by atoms with Crippen LogP contribution in [0.4, 0.5) is 0 Å².